The van der Waals surface area contributed by atoms with Crippen LogP contribution in [0.2, 0.25) is 0 Å². The molecule has 7 N–H and O–H groups in total. The molecule has 9 aromatic carbocycles. The summed E-state index contributed by atoms with van der Waals surface area (Å²) in [6.45, 7) is 21.2. The van der Waals surface area contributed by atoms with E-state index in [0.717, 1.165) is 115 Å². The lowest BCUT2D eigenvalue weighted by atomic mass is 9.77. The van der Waals surface area contributed by atoms with Gasteiger partial charge in [-0.25, -0.2) is 0 Å². The molecule has 1 saturated heterocycles. The first-order valence-electron chi connectivity index (χ1n) is 34.6. The molecule has 3 aromatic heterocycles. The second-order valence-corrected chi connectivity index (χ2v) is 27.4. The molecule has 17 nitrogen and oxygen atoms in total. The van der Waals surface area contributed by atoms with E-state index in [-0.39, 0.29) is 31.2 Å². The highest BCUT2D eigenvalue weighted by Crippen LogP contribution is 2.39. The lowest BCUT2D eigenvalue weighted by Crippen LogP contribution is -2.41. The number of para-hydroxylation sites is 3. The van der Waals surface area contributed by atoms with Crippen LogP contribution in [-0.4, -0.2) is 54.5 Å². The van der Waals surface area contributed by atoms with Gasteiger partial charge in [0.2, 0.25) is 0 Å². The molecular formula is C85H89BBrN3O14. The number of furan rings is 3. The number of nitrogens with two attached hydrogens (primary N) is 3. The van der Waals surface area contributed by atoms with Gasteiger partial charge in [0.15, 0.2) is 0 Å². The molecule has 4 heterocycles. The predicted octanol–water partition coefficient (Wildman–Crippen LogP) is 17.3. The molecule has 0 radical (unpaired) electrons. The predicted molar refractivity (Wildman–Crippen MR) is 412 cm³/mol. The minimum absolute atomic E-state index is 0.0760. The second-order valence-electron chi connectivity index (χ2n) is 26.5. The largest absolute Gasteiger partial charge is 0.498 e. The monoisotopic (exact) mass is 1470 g/mol. The number of aryl methyl sites for hydroxylation is 3. The molecule has 538 valence electrons. The van der Waals surface area contributed by atoms with Gasteiger partial charge in [-0.2, -0.15) is 0 Å². The van der Waals surface area contributed by atoms with Crippen LogP contribution in [0, 0.1) is 20.8 Å². The summed E-state index contributed by atoms with van der Waals surface area (Å²) in [6, 6.07) is 59.2. The Labute approximate surface area is 615 Å². The number of esters is 2. The number of aliphatic carboxylic acids is 1. The van der Waals surface area contributed by atoms with Gasteiger partial charge in [-0.1, -0.05) is 118 Å². The normalized spacial score (nSPS) is 12.7. The lowest BCUT2D eigenvalue weighted by molar-refractivity contribution is -0.143. The molecule has 19 heteroatoms. The Kier molecular flexibility index (Phi) is 25.9. The Morgan fingerprint density at radius 1 is 0.442 bits per heavy atom. The van der Waals surface area contributed by atoms with Crippen LogP contribution in [0.25, 0.3) is 55.2 Å². The van der Waals surface area contributed by atoms with E-state index in [0.29, 0.717) is 75.5 Å². The number of benzene rings is 9. The molecule has 12 aromatic rings. The van der Waals surface area contributed by atoms with Crippen molar-refractivity contribution in [2.45, 2.75) is 132 Å². The zero-order valence-corrected chi connectivity index (χ0v) is 61.9. The first kappa shape index (κ1) is 76.4. The molecular weight excluding hydrogens is 1380 g/mol. The van der Waals surface area contributed by atoms with Crippen molar-refractivity contribution in [3.05, 3.63) is 272 Å². The van der Waals surface area contributed by atoms with E-state index in [9.17, 15) is 14.4 Å². The van der Waals surface area contributed by atoms with Crippen molar-refractivity contribution < 1.29 is 65.7 Å². The third kappa shape index (κ3) is 19.9. The third-order valence-electron chi connectivity index (χ3n) is 17.8. The van der Waals surface area contributed by atoms with Crippen LogP contribution >= 0.6 is 15.9 Å². The Hall–Kier alpha value is -10.2. The fourth-order valence-electron chi connectivity index (χ4n) is 12.2. The highest BCUT2D eigenvalue weighted by atomic mass is 79.9. The number of halogens is 1. The van der Waals surface area contributed by atoms with Gasteiger partial charge >= 0.3 is 25.0 Å². The molecule has 104 heavy (non-hydrogen) atoms. The maximum Gasteiger partial charge on any atom is 0.498 e. The van der Waals surface area contributed by atoms with Gasteiger partial charge in [-0.3, -0.25) is 14.4 Å². The first-order valence-corrected chi connectivity index (χ1v) is 35.4. The highest BCUT2D eigenvalue weighted by molar-refractivity contribution is 9.10. The number of carboxylic acid groups (broad SMARTS) is 1. The van der Waals surface area contributed by atoms with Gasteiger partial charge in [0.1, 0.15) is 53.8 Å². The van der Waals surface area contributed by atoms with E-state index in [1.807, 2.05) is 138 Å². The van der Waals surface area contributed by atoms with E-state index in [4.69, 9.17) is 68.6 Å². The Balaban J connectivity index is 0.000000157. The van der Waals surface area contributed by atoms with Gasteiger partial charge in [-0.15, -0.1) is 0 Å². The Morgan fingerprint density at radius 3 is 1.20 bits per heavy atom. The number of fused-ring (bicyclic) bond motifs is 3. The van der Waals surface area contributed by atoms with Crippen molar-refractivity contribution in [2.75, 3.05) is 13.2 Å². The van der Waals surface area contributed by atoms with E-state index in [1.165, 1.54) is 11.1 Å². The fraction of sp³-hybridized carbons (Fsp3) is 0.259. The highest BCUT2D eigenvalue weighted by Gasteiger charge is 2.52. The topological polar surface area (TPSA) is 254 Å². The molecule has 0 bridgehead atoms. The average molecular weight is 1470 g/mol. The minimum Gasteiger partial charge on any atom is -0.489 e. The van der Waals surface area contributed by atoms with E-state index < -0.39 is 24.3 Å². The lowest BCUT2D eigenvalue weighted by Gasteiger charge is -2.32. The minimum atomic E-state index is -0.886. The van der Waals surface area contributed by atoms with Gasteiger partial charge < -0.3 is 68.6 Å². The summed E-state index contributed by atoms with van der Waals surface area (Å²) in [5.74, 6) is 0.491. The molecule has 0 aliphatic carbocycles. The number of carbonyl (C=O) groups excluding carboxylic acids is 2. The van der Waals surface area contributed by atoms with Crippen molar-refractivity contribution >= 4 is 79.3 Å². The average Bonchev–Trinajstić information content (AvgIpc) is 1.62. The Morgan fingerprint density at radius 2 is 0.808 bits per heavy atom. The molecule has 0 saturated carbocycles. The molecule has 1 fully saturated rings. The van der Waals surface area contributed by atoms with Crippen LogP contribution in [0.3, 0.4) is 0 Å². The summed E-state index contributed by atoms with van der Waals surface area (Å²) in [5.41, 5.74) is 35.7. The van der Waals surface area contributed by atoms with Crippen molar-refractivity contribution in [1.29, 1.82) is 0 Å². The van der Waals surface area contributed by atoms with Gasteiger partial charge in [0.25, 0.3) is 0 Å². The maximum absolute atomic E-state index is 11.9. The number of rotatable bonds is 23. The summed E-state index contributed by atoms with van der Waals surface area (Å²) in [5, 5.41) is 12.1. The molecule has 13 rings (SSSR count). The van der Waals surface area contributed by atoms with Crippen molar-refractivity contribution in [1.82, 2.24) is 0 Å². The third-order valence-corrected chi connectivity index (χ3v) is 18.3. The summed E-state index contributed by atoms with van der Waals surface area (Å²) < 4.78 is 59.3. The zero-order valence-electron chi connectivity index (χ0n) is 60.3. The van der Waals surface area contributed by atoms with Crippen molar-refractivity contribution in [3.63, 3.8) is 0 Å². The summed E-state index contributed by atoms with van der Waals surface area (Å²) in [6.07, 6.45) is 5.32. The van der Waals surface area contributed by atoms with E-state index >= 15 is 0 Å². The first-order chi connectivity index (χ1) is 50.0. The number of hydrogen-bond donors (Lipinski definition) is 4. The molecule has 1 aliphatic rings. The summed E-state index contributed by atoms with van der Waals surface area (Å²) >= 11 is 3.40. The van der Waals surface area contributed by atoms with Crippen LogP contribution in [-0.2, 0) is 91.9 Å². The van der Waals surface area contributed by atoms with Crippen molar-refractivity contribution in [2.24, 2.45) is 17.2 Å². The number of hydrogen-bond acceptors (Lipinski definition) is 16. The zero-order chi connectivity index (χ0) is 74.1. The number of carboxylic acids is 1. The van der Waals surface area contributed by atoms with Crippen LogP contribution in [0.15, 0.2) is 219 Å². The SMILES string of the molecule is CCOC(=O)Cc1ccccc1OCc1cc(-c2cc(C)cc(CN)c2)c2occc2c1.CCOC(=O)Cc1ccccc1OCc1cc(B2OC(C)(C)C(C)(C)O2)c2occc2c1.Cc1cc(Br)cc(CN)c1.Cc1cc(CN)cc(-c2cc(COc3ccccc3CC(=O)O)cc3ccoc23)c1. The fourth-order valence-corrected chi connectivity index (χ4v) is 12.9. The quantitative estimate of drug-likeness (QED) is 0.0343. The van der Waals surface area contributed by atoms with Crippen LogP contribution in [0.5, 0.6) is 17.2 Å². The van der Waals surface area contributed by atoms with Gasteiger partial charge in [0, 0.05) is 73.5 Å². The summed E-state index contributed by atoms with van der Waals surface area (Å²) in [4.78, 5) is 35.0. The molecule has 1 aliphatic heterocycles. The Bertz CT molecular complexity index is 4920. The van der Waals surface area contributed by atoms with Crippen molar-refractivity contribution in [3.8, 4) is 39.5 Å². The molecule has 0 unspecified atom stereocenters. The van der Waals surface area contributed by atoms with Crippen LogP contribution in [0.4, 0.5) is 0 Å². The van der Waals surface area contributed by atoms with Crippen LogP contribution < -0.4 is 36.9 Å². The van der Waals surface area contributed by atoms with E-state index in [2.05, 4.69) is 96.5 Å². The molecule has 0 spiro atoms. The number of ether oxygens (including phenoxy) is 5. The molecule has 0 atom stereocenters. The number of carbonyl (C=O) groups is 3. The smallest absolute Gasteiger partial charge is 0.489 e. The maximum atomic E-state index is 11.9. The van der Waals surface area contributed by atoms with Crippen LogP contribution in [0.1, 0.15) is 108 Å². The van der Waals surface area contributed by atoms with Gasteiger partial charge in [0.05, 0.1) is 62.5 Å². The summed E-state index contributed by atoms with van der Waals surface area (Å²) in [7, 11) is -0.537. The van der Waals surface area contributed by atoms with E-state index in [1.54, 1.807) is 44.8 Å². The van der Waals surface area contributed by atoms with Gasteiger partial charge in [-0.05, 0) is 203 Å². The standard InChI is InChI=1S/C27H27NO4.C25H29BO6.C25H23NO4.C8H10BrN/c1-3-30-26(29)15-21-6-4-5-7-25(21)32-17-20-13-22-8-9-31-27(22)24(14-20)23-11-18(2)10-19(12-23)16-28;1-6-28-22(27)15-18-9-7-8-10-21(18)30-16-17-13-19-11-12-29-23(19)20(14-17)26-31-24(2,3)25(4,5)32-26;1-16-8-17(14-26)10-21(9-16)22-12-18(11-20-6-7-29-25(20)22)15-30-23-5-3-2-4-19(23)13-24(27)28;1-6-2-7(5-10)4-8(9)3-6/h4-14H,3,15-17,28H2,1-2H3;7-14H,6,15-16H2,1-5H3;2-12H,13-15,26H2,1H3,(H,27,28);2-4H,5,10H2,1H3. The molecule has 0 amide bonds. The second kappa shape index (κ2) is 35.3.